The molecule has 2 aromatic carbocycles. The third kappa shape index (κ3) is 4.41. The van der Waals surface area contributed by atoms with Gasteiger partial charge in [-0.25, -0.2) is 4.68 Å². The Balaban J connectivity index is 1.50. The van der Waals surface area contributed by atoms with Crippen LogP contribution in [0.4, 0.5) is 11.6 Å². The Bertz CT molecular complexity index is 1140. The first-order chi connectivity index (χ1) is 15.5. The number of carbonyl (C=O) groups is 2. The molecule has 0 unspecified atom stereocenters. The van der Waals surface area contributed by atoms with E-state index in [1.165, 1.54) is 6.33 Å². The number of nitrogens with one attached hydrogen (secondary N) is 2. The first kappa shape index (κ1) is 21.4. The molecular weight excluding hydrogens is 410 g/mol. The maximum atomic E-state index is 12.5. The van der Waals surface area contributed by atoms with Gasteiger partial charge in [0.15, 0.2) is 18.1 Å². The van der Waals surface area contributed by atoms with Crippen molar-refractivity contribution >= 4 is 23.5 Å². The average Bonchev–Trinajstić information content (AvgIpc) is 3.23. The number of nitrogens with zero attached hydrogens (tertiary/aromatic N) is 3. The Hall–Kier alpha value is -3.88. The van der Waals surface area contributed by atoms with Gasteiger partial charge >= 0.3 is 0 Å². The molecule has 0 radical (unpaired) electrons. The second-order valence-electron chi connectivity index (χ2n) is 7.54. The number of para-hydroxylation sites is 1. The molecule has 32 heavy (non-hydrogen) atoms. The molecule has 2 N–H and O–H groups in total. The van der Waals surface area contributed by atoms with Gasteiger partial charge in [-0.3, -0.25) is 14.9 Å². The fraction of sp³-hybridized carbons (Fsp3) is 0.304. The molecular formula is C23H25N5O4. The van der Waals surface area contributed by atoms with Gasteiger partial charge in [0, 0.05) is 5.69 Å². The highest BCUT2D eigenvalue weighted by molar-refractivity contribution is 5.93. The maximum Gasteiger partial charge on any atom is 0.262 e. The second-order valence-corrected chi connectivity index (χ2v) is 7.54. The van der Waals surface area contributed by atoms with E-state index in [0.717, 1.165) is 22.4 Å². The van der Waals surface area contributed by atoms with Crippen LogP contribution in [0, 0.1) is 13.8 Å². The molecule has 1 atom stereocenters. The van der Waals surface area contributed by atoms with E-state index in [0.29, 0.717) is 24.1 Å². The molecule has 166 valence electrons. The fourth-order valence-electron chi connectivity index (χ4n) is 3.71. The van der Waals surface area contributed by atoms with Crippen molar-refractivity contribution in [3.8, 4) is 11.5 Å². The predicted molar refractivity (Wildman–Crippen MR) is 119 cm³/mol. The van der Waals surface area contributed by atoms with Crippen molar-refractivity contribution in [1.29, 1.82) is 0 Å². The first-order valence-electron chi connectivity index (χ1n) is 10.4. The van der Waals surface area contributed by atoms with Crippen LogP contribution in [-0.2, 0) is 9.59 Å². The molecule has 1 aliphatic heterocycles. The van der Waals surface area contributed by atoms with Gasteiger partial charge in [-0.15, -0.1) is 0 Å². The van der Waals surface area contributed by atoms with E-state index in [2.05, 4.69) is 20.7 Å². The van der Waals surface area contributed by atoms with Gasteiger partial charge in [-0.05, 0) is 49.6 Å². The van der Waals surface area contributed by atoms with Gasteiger partial charge in [0.05, 0.1) is 19.1 Å². The van der Waals surface area contributed by atoms with Crippen LogP contribution in [0.15, 0.2) is 42.7 Å². The van der Waals surface area contributed by atoms with E-state index in [1.807, 2.05) is 51.1 Å². The lowest BCUT2D eigenvalue weighted by molar-refractivity contribution is -0.118. The van der Waals surface area contributed by atoms with E-state index in [9.17, 15) is 9.59 Å². The Labute approximate surface area is 185 Å². The van der Waals surface area contributed by atoms with Crippen LogP contribution < -0.4 is 20.1 Å². The van der Waals surface area contributed by atoms with E-state index in [1.54, 1.807) is 10.7 Å². The number of benzene rings is 2. The molecule has 0 bridgehead atoms. The molecule has 0 spiro atoms. The topological polar surface area (TPSA) is 107 Å². The summed E-state index contributed by atoms with van der Waals surface area (Å²) in [5, 5.41) is 9.84. The summed E-state index contributed by atoms with van der Waals surface area (Å²) in [6.07, 6.45) is 1.64. The number of fused-ring (bicyclic) bond motifs is 1. The van der Waals surface area contributed by atoms with Gasteiger partial charge < -0.3 is 14.8 Å². The number of hydrogen-bond acceptors (Lipinski definition) is 6. The lowest BCUT2D eigenvalue weighted by atomic mass is 10.0. The molecule has 0 aliphatic carbocycles. The van der Waals surface area contributed by atoms with Crippen LogP contribution in [0.3, 0.4) is 0 Å². The second kappa shape index (κ2) is 9.09. The minimum absolute atomic E-state index is 0.128. The summed E-state index contributed by atoms with van der Waals surface area (Å²) < 4.78 is 13.2. The smallest absolute Gasteiger partial charge is 0.262 e. The summed E-state index contributed by atoms with van der Waals surface area (Å²) in [5.41, 5.74) is 3.60. The highest BCUT2D eigenvalue weighted by Crippen LogP contribution is 2.35. The zero-order chi connectivity index (χ0) is 22.7. The Kier molecular flexibility index (Phi) is 6.07. The van der Waals surface area contributed by atoms with Crippen molar-refractivity contribution in [3.05, 3.63) is 59.4 Å². The van der Waals surface area contributed by atoms with E-state index >= 15 is 0 Å². The zero-order valence-electron chi connectivity index (χ0n) is 18.2. The van der Waals surface area contributed by atoms with E-state index in [4.69, 9.17) is 9.47 Å². The molecule has 0 fully saturated rings. The predicted octanol–water partition coefficient (Wildman–Crippen LogP) is 3.24. The maximum absolute atomic E-state index is 12.5. The summed E-state index contributed by atoms with van der Waals surface area (Å²) >= 11 is 0. The molecule has 0 saturated heterocycles. The zero-order valence-corrected chi connectivity index (χ0v) is 18.2. The van der Waals surface area contributed by atoms with Gasteiger partial charge in [0.25, 0.3) is 5.91 Å². The minimum Gasteiger partial charge on any atom is -0.490 e. The van der Waals surface area contributed by atoms with Gasteiger partial charge in [-0.2, -0.15) is 10.1 Å². The SMILES string of the molecule is CCOc1cc([C@@H]2CC(=O)Nc3ncnn32)ccc1OCC(=O)Nc1c(C)cccc1C. The molecule has 2 amide bonds. The van der Waals surface area contributed by atoms with E-state index < -0.39 is 0 Å². The number of aromatic nitrogens is 3. The molecule has 1 aromatic heterocycles. The number of carbonyl (C=O) groups excluding carboxylic acids is 2. The van der Waals surface area contributed by atoms with Gasteiger partial charge in [0.1, 0.15) is 6.33 Å². The third-order valence-corrected chi connectivity index (χ3v) is 5.25. The first-order valence-corrected chi connectivity index (χ1v) is 10.4. The fourth-order valence-corrected chi connectivity index (χ4v) is 3.71. The molecule has 4 rings (SSSR count). The Morgan fingerprint density at radius 1 is 1.19 bits per heavy atom. The highest BCUT2D eigenvalue weighted by atomic mass is 16.5. The molecule has 2 heterocycles. The molecule has 9 nitrogen and oxygen atoms in total. The highest BCUT2D eigenvalue weighted by Gasteiger charge is 2.28. The number of anilines is 2. The van der Waals surface area contributed by atoms with Crippen LogP contribution in [0.25, 0.3) is 0 Å². The van der Waals surface area contributed by atoms with Gasteiger partial charge in [0.2, 0.25) is 11.9 Å². The van der Waals surface area contributed by atoms with E-state index in [-0.39, 0.29) is 30.9 Å². The summed E-state index contributed by atoms with van der Waals surface area (Å²) in [4.78, 5) is 28.6. The number of ether oxygens (including phenoxy) is 2. The lowest BCUT2D eigenvalue weighted by Gasteiger charge is -2.24. The Morgan fingerprint density at radius 2 is 1.97 bits per heavy atom. The summed E-state index contributed by atoms with van der Waals surface area (Å²) in [6, 6.07) is 10.9. The quantitative estimate of drug-likeness (QED) is 0.590. The molecule has 0 saturated carbocycles. The average molecular weight is 435 g/mol. The minimum atomic E-state index is -0.304. The molecule has 3 aromatic rings. The number of amides is 2. The van der Waals surface area contributed by atoms with Crippen LogP contribution in [-0.4, -0.2) is 39.8 Å². The van der Waals surface area contributed by atoms with Crippen molar-refractivity contribution in [2.75, 3.05) is 23.8 Å². The number of aryl methyl sites for hydroxylation is 2. The van der Waals surface area contributed by atoms with Crippen LogP contribution in [0.2, 0.25) is 0 Å². The normalized spacial score (nSPS) is 15.0. The van der Waals surface area contributed by atoms with Crippen LogP contribution in [0.1, 0.15) is 36.1 Å². The largest absolute Gasteiger partial charge is 0.490 e. The van der Waals surface area contributed by atoms with Crippen LogP contribution in [0.5, 0.6) is 11.5 Å². The number of hydrogen-bond donors (Lipinski definition) is 2. The summed E-state index contributed by atoms with van der Waals surface area (Å²) in [5.74, 6) is 0.971. The summed E-state index contributed by atoms with van der Waals surface area (Å²) in [6.45, 7) is 6.02. The standard InChI is InChI=1S/C23H25N5O4/c1-4-31-19-10-16(17-11-20(29)27-23-24-13-25-28(17)23)8-9-18(19)32-12-21(30)26-22-14(2)6-5-7-15(22)3/h5-10,13,17H,4,11-12H2,1-3H3,(H,26,30)(H,24,25,27,29)/t17-/m0/s1. The Morgan fingerprint density at radius 3 is 2.72 bits per heavy atom. The lowest BCUT2D eigenvalue weighted by Crippen LogP contribution is -2.29. The molecule has 9 heteroatoms. The third-order valence-electron chi connectivity index (χ3n) is 5.25. The van der Waals surface area contributed by atoms with Crippen LogP contribution >= 0.6 is 0 Å². The molecule has 1 aliphatic rings. The van der Waals surface area contributed by atoms with Crippen molar-refractivity contribution in [2.24, 2.45) is 0 Å². The summed E-state index contributed by atoms with van der Waals surface area (Å²) in [7, 11) is 0. The van der Waals surface area contributed by atoms with Crippen molar-refractivity contribution in [1.82, 2.24) is 14.8 Å². The van der Waals surface area contributed by atoms with Crippen molar-refractivity contribution in [2.45, 2.75) is 33.2 Å². The number of rotatable bonds is 7. The van der Waals surface area contributed by atoms with Crippen molar-refractivity contribution in [3.63, 3.8) is 0 Å². The van der Waals surface area contributed by atoms with Gasteiger partial charge in [-0.1, -0.05) is 24.3 Å². The van der Waals surface area contributed by atoms with Crippen molar-refractivity contribution < 1.29 is 19.1 Å². The monoisotopic (exact) mass is 435 g/mol.